The van der Waals surface area contributed by atoms with Crippen LogP contribution in [0, 0.1) is 6.92 Å². The summed E-state index contributed by atoms with van der Waals surface area (Å²) < 4.78 is 7.04. The molecule has 0 saturated heterocycles. The molecule has 3 heterocycles. The first-order valence-electron chi connectivity index (χ1n) is 7.37. The Bertz CT molecular complexity index is 831. The number of amides is 1. The third-order valence-electron chi connectivity index (χ3n) is 4.06. The van der Waals surface area contributed by atoms with Crippen LogP contribution in [0.1, 0.15) is 34.7 Å². The van der Waals surface area contributed by atoms with Gasteiger partial charge in [-0.1, -0.05) is 11.2 Å². The zero-order valence-corrected chi connectivity index (χ0v) is 12.3. The molecule has 0 radical (unpaired) electrons. The van der Waals surface area contributed by atoms with Gasteiger partial charge in [-0.25, -0.2) is 4.98 Å². The zero-order valence-electron chi connectivity index (χ0n) is 12.3. The molecular formula is C16H16N4O2. The van der Waals surface area contributed by atoms with Crippen LogP contribution in [0.4, 0.5) is 0 Å². The minimum absolute atomic E-state index is 0.0212. The highest BCUT2D eigenvalue weighted by Gasteiger charge is 2.34. The maximum absolute atomic E-state index is 12.8. The number of nitrogens with zero attached hydrogens (tertiary/aromatic N) is 4. The minimum atomic E-state index is -0.0212. The Kier molecular flexibility index (Phi) is 2.96. The highest BCUT2D eigenvalue weighted by molar-refractivity contribution is 5.95. The van der Waals surface area contributed by atoms with Gasteiger partial charge in [0, 0.05) is 12.2 Å². The van der Waals surface area contributed by atoms with Crippen molar-refractivity contribution in [3.63, 3.8) is 0 Å². The number of aryl methyl sites for hydroxylation is 1. The van der Waals surface area contributed by atoms with Gasteiger partial charge in [0.1, 0.15) is 17.0 Å². The normalized spacial score (nSPS) is 14.4. The lowest BCUT2D eigenvalue weighted by molar-refractivity contribution is 0.0725. The van der Waals surface area contributed by atoms with Crippen LogP contribution in [0.25, 0.3) is 5.65 Å². The van der Waals surface area contributed by atoms with Gasteiger partial charge in [0.05, 0.1) is 24.6 Å². The summed E-state index contributed by atoms with van der Waals surface area (Å²) in [6.07, 6.45) is 7.40. The molecule has 6 heteroatoms. The number of hydrogen-bond acceptors (Lipinski definition) is 4. The molecule has 0 aromatic carbocycles. The van der Waals surface area contributed by atoms with Gasteiger partial charge in [0.15, 0.2) is 0 Å². The zero-order chi connectivity index (χ0) is 15.1. The lowest BCUT2D eigenvalue weighted by atomic mass is 10.2. The molecular weight excluding hydrogens is 280 g/mol. The molecule has 1 saturated carbocycles. The quantitative estimate of drug-likeness (QED) is 0.742. The topological polar surface area (TPSA) is 63.6 Å². The van der Waals surface area contributed by atoms with E-state index in [-0.39, 0.29) is 5.91 Å². The van der Waals surface area contributed by atoms with Crippen molar-refractivity contribution in [2.45, 2.75) is 32.4 Å². The first-order valence-corrected chi connectivity index (χ1v) is 7.37. The number of imidazole rings is 1. The van der Waals surface area contributed by atoms with Crippen LogP contribution in [0.3, 0.4) is 0 Å². The van der Waals surface area contributed by atoms with Crippen LogP contribution in [0.15, 0.2) is 41.3 Å². The van der Waals surface area contributed by atoms with Crippen LogP contribution < -0.4 is 0 Å². The molecule has 0 bridgehead atoms. The third-order valence-corrected chi connectivity index (χ3v) is 4.06. The second-order valence-electron chi connectivity index (χ2n) is 5.64. The van der Waals surface area contributed by atoms with Crippen molar-refractivity contribution in [2.24, 2.45) is 0 Å². The maximum atomic E-state index is 12.8. The van der Waals surface area contributed by atoms with Crippen molar-refractivity contribution >= 4 is 11.6 Å². The fourth-order valence-electron chi connectivity index (χ4n) is 2.69. The van der Waals surface area contributed by atoms with Gasteiger partial charge in [0.2, 0.25) is 0 Å². The number of fused-ring (bicyclic) bond motifs is 1. The molecule has 3 aromatic rings. The lowest BCUT2D eigenvalue weighted by Crippen LogP contribution is -2.33. The Morgan fingerprint density at radius 2 is 2.27 bits per heavy atom. The van der Waals surface area contributed by atoms with Crippen LogP contribution in [-0.2, 0) is 6.54 Å². The number of carbonyl (C=O) groups is 1. The Balaban J connectivity index is 1.66. The van der Waals surface area contributed by atoms with E-state index in [1.807, 2.05) is 39.9 Å². The maximum Gasteiger partial charge on any atom is 0.259 e. The Hall–Kier alpha value is -2.63. The van der Waals surface area contributed by atoms with Gasteiger partial charge in [-0.3, -0.25) is 4.79 Å². The van der Waals surface area contributed by atoms with Crippen molar-refractivity contribution < 1.29 is 9.32 Å². The second-order valence-corrected chi connectivity index (χ2v) is 5.64. The highest BCUT2D eigenvalue weighted by Crippen LogP contribution is 2.30. The summed E-state index contributed by atoms with van der Waals surface area (Å²) in [4.78, 5) is 19.1. The molecule has 1 amide bonds. The summed E-state index contributed by atoms with van der Waals surface area (Å²) in [7, 11) is 0. The molecule has 0 unspecified atom stereocenters. The van der Waals surface area contributed by atoms with E-state index >= 15 is 0 Å². The van der Waals surface area contributed by atoms with Crippen molar-refractivity contribution in [3.05, 3.63) is 53.8 Å². The summed E-state index contributed by atoms with van der Waals surface area (Å²) in [6, 6.07) is 6.18. The van der Waals surface area contributed by atoms with Gasteiger partial charge >= 0.3 is 0 Å². The molecule has 0 atom stereocenters. The molecule has 0 spiro atoms. The highest BCUT2D eigenvalue weighted by atomic mass is 16.5. The third kappa shape index (κ3) is 2.16. The number of aromatic nitrogens is 3. The molecule has 0 aliphatic heterocycles. The molecule has 1 fully saturated rings. The van der Waals surface area contributed by atoms with Crippen molar-refractivity contribution in [2.75, 3.05) is 0 Å². The lowest BCUT2D eigenvalue weighted by Gasteiger charge is -2.21. The van der Waals surface area contributed by atoms with Crippen molar-refractivity contribution in [1.82, 2.24) is 19.4 Å². The summed E-state index contributed by atoms with van der Waals surface area (Å²) in [5, 5.41) is 3.71. The standard InChI is InChI=1S/C16H16N4O2/c1-11-14(9-18-22-11)16(21)20(12-5-6-12)10-13-8-17-15-4-2-3-7-19(13)15/h2-4,7-9,12H,5-6,10H2,1H3. The molecule has 112 valence electrons. The monoisotopic (exact) mass is 296 g/mol. The fourth-order valence-corrected chi connectivity index (χ4v) is 2.69. The average molecular weight is 296 g/mol. The van der Waals surface area contributed by atoms with E-state index in [1.165, 1.54) is 6.20 Å². The van der Waals surface area contributed by atoms with Gasteiger partial charge in [0.25, 0.3) is 5.91 Å². The average Bonchev–Trinajstić information content (AvgIpc) is 3.15. The first kappa shape index (κ1) is 13.1. The van der Waals surface area contributed by atoms with E-state index < -0.39 is 0 Å². The predicted molar refractivity (Wildman–Crippen MR) is 79.3 cm³/mol. The van der Waals surface area contributed by atoms with E-state index in [2.05, 4.69) is 10.1 Å². The van der Waals surface area contributed by atoms with Gasteiger partial charge < -0.3 is 13.8 Å². The van der Waals surface area contributed by atoms with Gasteiger partial charge in [-0.15, -0.1) is 0 Å². The smallest absolute Gasteiger partial charge is 0.259 e. The molecule has 6 nitrogen and oxygen atoms in total. The fraction of sp³-hybridized carbons (Fsp3) is 0.312. The van der Waals surface area contributed by atoms with E-state index in [4.69, 9.17) is 4.52 Å². The number of hydrogen-bond donors (Lipinski definition) is 0. The molecule has 1 aliphatic carbocycles. The van der Waals surface area contributed by atoms with Crippen LogP contribution in [-0.4, -0.2) is 31.4 Å². The second kappa shape index (κ2) is 4.98. The van der Waals surface area contributed by atoms with Gasteiger partial charge in [-0.05, 0) is 31.9 Å². The molecule has 4 rings (SSSR count). The summed E-state index contributed by atoms with van der Waals surface area (Å²) in [6.45, 7) is 2.30. The Labute approximate surface area is 127 Å². The number of pyridine rings is 1. The number of rotatable bonds is 4. The molecule has 1 aliphatic rings. The van der Waals surface area contributed by atoms with E-state index in [0.29, 0.717) is 23.9 Å². The molecule has 0 N–H and O–H groups in total. The first-order chi connectivity index (χ1) is 10.7. The SMILES string of the molecule is Cc1oncc1C(=O)N(Cc1cnc2ccccn12)C1CC1. The summed E-state index contributed by atoms with van der Waals surface area (Å²) in [5.74, 6) is 0.543. The van der Waals surface area contributed by atoms with Crippen LogP contribution in [0.5, 0.6) is 0 Å². The Morgan fingerprint density at radius 3 is 3.00 bits per heavy atom. The molecule has 3 aromatic heterocycles. The minimum Gasteiger partial charge on any atom is -0.361 e. The largest absolute Gasteiger partial charge is 0.361 e. The van der Waals surface area contributed by atoms with E-state index in [9.17, 15) is 4.79 Å². The summed E-state index contributed by atoms with van der Waals surface area (Å²) >= 11 is 0. The van der Waals surface area contributed by atoms with Crippen molar-refractivity contribution in [1.29, 1.82) is 0 Å². The molecule has 22 heavy (non-hydrogen) atoms. The number of carbonyl (C=O) groups excluding carboxylic acids is 1. The van der Waals surface area contributed by atoms with Crippen LogP contribution in [0.2, 0.25) is 0 Å². The van der Waals surface area contributed by atoms with E-state index in [0.717, 1.165) is 24.2 Å². The summed E-state index contributed by atoms with van der Waals surface area (Å²) in [5.41, 5.74) is 2.44. The Morgan fingerprint density at radius 1 is 1.41 bits per heavy atom. The van der Waals surface area contributed by atoms with Crippen molar-refractivity contribution in [3.8, 4) is 0 Å². The predicted octanol–water partition coefficient (Wildman–Crippen LogP) is 2.44. The van der Waals surface area contributed by atoms with Gasteiger partial charge in [-0.2, -0.15) is 0 Å². The van der Waals surface area contributed by atoms with Crippen LogP contribution >= 0.6 is 0 Å². The van der Waals surface area contributed by atoms with E-state index in [1.54, 1.807) is 6.92 Å².